The third-order valence-corrected chi connectivity index (χ3v) is 4.38. The maximum Gasteiger partial charge on any atom is 0.246 e. The predicted octanol–water partition coefficient (Wildman–Crippen LogP) is 1.79. The summed E-state index contributed by atoms with van der Waals surface area (Å²) in [6.45, 7) is 7.38. The van der Waals surface area contributed by atoms with E-state index in [4.69, 9.17) is 16.9 Å². The van der Waals surface area contributed by atoms with Gasteiger partial charge >= 0.3 is 0 Å². The first-order valence-corrected chi connectivity index (χ1v) is 7.97. The Morgan fingerprint density at radius 1 is 1.33 bits per heavy atom. The maximum absolute atomic E-state index is 12.3. The quantitative estimate of drug-likeness (QED) is 0.843. The number of nitriles is 1. The van der Waals surface area contributed by atoms with Gasteiger partial charge < -0.3 is 15.1 Å². The lowest BCUT2D eigenvalue weighted by molar-refractivity contribution is -0.135. The Morgan fingerprint density at radius 3 is 2.54 bits per heavy atom. The molecule has 0 unspecified atom stereocenters. The van der Waals surface area contributed by atoms with Gasteiger partial charge in [0.15, 0.2) is 0 Å². The van der Waals surface area contributed by atoms with Crippen LogP contribution in [0.2, 0.25) is 5.02 Å². The highest BCUT2D eigenvalue weighted by molar-refractivity contribution is 6.31. The van der Waals surface area contributed by atoms with Crippen molar-refractivity contribution in [2.45, 2.75) is 6.92 Å². The molecule has 126 valence electrons. The Morgan fingerprint density at radius 2 is 1.96 bits per heavy atom. The molecule has 0 aliphatic carbocycles. The number of nitrogens with zero attached hydrogens (tertiary/aromatic N) is 3. The molecule has 1 aromatic carbocycles. The van der Waals surface area contributed by atoms with Gasteiger partial charge in [0.1, 0.15) is 6.07 Å². The molecule has 1 heterocycles. The number of carbonyl (C=O) groups excluding carboxylic acids is 2. The number of nitrogens with one attached hydrogen (secondary N) is 1. The van der Waals surface area contributed by atoms with Gasteiger partial charge in [-0.1, -0.05) is 18.2 Å². The lowest BCUT2D eigenvalue weighted by atomic mass is 10.1. The van der Waals surface area contributed by atoms with Crippen LogP contribution in [-0.2, 0) is 9.59 Å². The zero-order valence-corrected chi connectivity index (χ0v) is 14.3. The van der Waals surface area contributed by atoms with Gasteiger partial charge in [-0.25, -0.2) is 0 Å². The molecule has 0 spiro atoms. The molecule has 1 saturated heterocycles. The van der Waals surface area contributed by atoms with Crippen molar-refractivity contribution in [3.05, 3.63) is 40.9 Å². The number of benzene rings is 1. The molecule has 1 fully saturated rings. The minimum Gasteiger partial charge on any atom is -0.375 e. The van der Waals surface area contributed by atoms with Crippen molar-refractivity contribution in [1.29, 1.82) is 5.26 Å². The summed E-state index contributed by atoms with van der Waals surface area (Å²) < 4.78 is 0. The van der Waals surface area contributed by atoms with Gasteiger partial charge in [-0.05, 0) is 30.7 Å². The molecular weight excluding hydrogens is 328 g/mol. The molecule has 0 saturated carbocycles. The highest BCUT2D eigenvalue weighted by atomic mass is 35.5. The molecule has 6 nitrogen and oxygen atoms in total. The highest BCUT2D eigenvalue weighted by Gasteiger charge is 2.22. The largest absolute Gasteiger partial charge is 0.375 e. The van der Waals surface area contributed by atoms with Crippen LogP contribution in [0.1, 0.15) is 11.1 Å². The average molecular weight is 347 g/mol. The first-order chi connectivity index (χ1) is 11.5. The molecular formula is C17H19ClN4O2. The first-order valence-electron chi connectivity index (χ1n) is 7.59. The third-order valence-electron chi connectivity index (χ3n) is 3.97. The molecule has 0 radical (unpaired) electrons. The number of hydrogen-bond acceptors (Lipinski definition) is 4. The zero-order chi connectivity index (χ0) is 17.7. The second-order valence-corrected chi connectivity index (χ2v) is 5.93. The van der Waals surface area contributed by atoms with Crippen molar-refractivity contribution in [3.63, 3.8) is 0 Å². The fraction of sp³-hybridized carbons (Fsp3) is 0.353. The van der Waals surface area contributed by atoms with Crippen molar-refractivity contribution >= 4 is 29.1 Å². The maximum atomic E-state index is 12.3. The van der Waals surface area contributed by atoms with E-state index in [1.165, 1.54) is 6.08 Å². The molecule has 2 amide bonds. The van der Waals surface area contributed by atoms with Crippen LogP contribution in [0.15, 0.2) is 24.8 Å². The normalized spacial score (nSPS) is 14.0. The molecule has 1 aliphatic heterocycles. The molecule has 1 aromatic rings. The van der Waals surface area contributed by atoms with Crippen molar-refractivity contribution < 1.29 is 9.59 Å². The van der Waals surface area contributed by atoms with E-state index in [-0.39, 0.29) is 18.4 Å². The van der Waals surface area contributed by atoms with Crippen molar-refractivity contribution in [2.24, 2.45) is 0 Å². The molecule has 1 N–H and O–H groups in total. The van der Waals surface area contributed by atoms with Crippen LogP contribution >= 0.6 is 11.6 Å². The summed E-state index contributed by atoms with van der Waals surface area (Å²) in [5.74, 6) is -0.187. The lowest BCUT2D eigenvalue weighted by Gasteiger charge is -2.34. The summed E-state index contributed by atoms with van der Waals surface area (Å²) in [6.07, 6.45) is 1.28. The van der Waals surface area contributed by atoms with Gasteiger partial charge in [0, 0.05) is 31.2 Å². The predicted molar refractivity (Wildman–Crippen MR) is 92.8 cm³/mol. The number of rotatable bonds is 4. The van der Waals surface area contributed by atoms with E-state index in [1.54, 1.807) is 21.9 Å². The smallest absolute Gasteiger partial charge is 0.246 e. The van der Waals surface area contributed by atoms with E-state index in [0.717, 1.165) is 5.56 Å². The molecule has 0 aromatic heterocycles. The van der Waals surface area contributed by atoms with Crippen molar-refractivity contribution in [3.8, 4) is 6.07 Å². The number of anilines is 1. The first kappa shape index (κ1) is 17.8. The lowest BCUT2D eigenvalue weighted by Crippen LogP contribution is -2.51. The van der Waals surface area contributed by atoms with E-state index in [9.17, 15) is 9.59 Å². The van der Waals surface area contributed by atoms with Crippen LogP contribution in [0.3, 0.4) is 0 Å². The number of piperazine rings is 1. The molecule has 0 atom stereocenters. The fourth-order valence-corrected chi connectivity index (χ4v) is 2.67. The van der Waals surface area contributed by atoms with Crippen LogP contribution in [-0.4, -0.2) is 54.3 Å². The fourth-order valence-electron chi connectivity index (χ4n) is 2.51. The Hall–Kier alpha value is -2.52. The van der Waals surface area contributed by atoms with Gasteiger partial charge in [0.2, 0.25) is 11.8 Å². The average Bonchev–Trinajstić information content (AvgIpc) is 2.61. The highest BCUT2D eigenvalue weighted by Crippen LogP contribution is 2.24. The standard InChI is InChI=1S/C17H19ClN4O2/c1-3-16(23)21-4-6-22(7-5-21)17(24)11-20-15-8-12(2)14(18)9-13(15)10-19/h3,8-9,20H,1,4-7,11H2,2H3. The molecule has 2 rings (SSSR count). The summed E-state index contributed by atoms with van der Waals surface area (Å²) in [5.41, 5.74) is 1.83. The number of halogens is 1. The molecule has 0 bridgehead atoms. The minimum absolute atomic E-state index is 0.0720. The van der Waals surface area contributed by atoms with Crippen LogP contribution in [0, 0.1) is 18.3 Å². The van der Waals surface area contributed by atoms with Gasteiger partial charge in [0.05, 0.1) is 17.8 Å². The minimum atomic E-state index is -0.115. The van der Waals surface area contributed by atoms with Gasteiger partial charge in [-0.3, -0.25) is 9.59 Å². The van der Waals surface area contributed by atoms with Gasteiger partial charge in [0.25, 0.3) is 0 Å². The van der Waals surface area contributed by atoms with E-state index in [1.807, 2.05) is 6.92 Å². The summed E-state index contributed by atoms with van der Waals surface area (Å²) in [5, 5.41) is 12.7. The third kappa shape index (κ3) is 4.06. The Bertz CT molecular complexity index is 703. The van der Waals surface area contributed by atoms with Crippen molar-refractivity contribution in [2.75, 3.05) is 38.0 Å². The molecule has 1 aliphatic rings. The van der Waals surface area contributed by atoms with Gasteiger partial charge in [-0.2, -0.15) is 5.26 Å². The summed E-state index contributed by atoms with van der Waals surface area (Å²) in [4.78, 5) is 27.2. The van der Waals surface area contributed by atoms with Crippen LogP contribution in [0.4, 0.5) is 5.69 Å². The zero-order valence-electron chi connectivity index (χ0n) is 13.5. The SMILES string of the molecule is C=CC(=O)N1CCN(C(=O)CNc2cc(C)c(Cl)cc2C#N)CC1. The van der Waals surface area contributed by atoms with E-state index < -0.39 is 0 Å². The Balaban J connectivity index is 1.93. The topological polar surface area (TPSA) is 76.4 Å². The summed E-state index contributed by atoms with van der Waals surface area (Å²) in [7, 11) is 0. The molecule has 24 heavy (non-hydrogen) atoms. The Kier molecular flexibility index (Phi) is 5.83. The van der Waals surface area contributed by atoms with Gasteiger partial charge in [-0.15, -0.1) is 0 Å². The Labute approximate surface area is 146 Å². The van der Waals surface area contributed by atoms with Crippen LogP contribution in [0.5, 0.6) is 0 Å². The monoisotopic (exact) mass is 346 g/mol. The number of amides is 2. The summed E-state index contributed by atoms with van der Waals surface area (Å²) in [6, 6.07) is 5.41. The van der Waals surface area contributed by atoms with E-state index >= 15 is 0 Å². The second kappa shape index (κ2) is 7.84. The van der Waals surface area contributed by atoms with Crippen molar-refractivity contribution in [1.82, 2.24) is 9.80 Å². The van der Waals surface area contributed by atoms with E-state index in [0.29, 0.717) is 42.5 Å². The van der Waals surface area contributed by atoms with E-state index in [2.05, 4.69) is 18.0 Å². The number of aryl methyl sites for hydroxylation is 1. The number of carbonyl (C=O) groups is 2. The van der Waals surface area contributed by atoms with Crippen LogP contribution < -0.4 is 5.32 Å². The van der Waals surface area contributed by atoms with Crippen LogP contribution in [0.25, 0.3) is 0 Å². The summed E-state index contributed by atoms with van der Waals surface area (Å²) >= 11 is 6.01. The second-order valence-electron chi connectivity index (χ2n) is 5.52. The molecule has 7 heteroatoms. The number of hydrogen-bond donors (Lipinski definition) is 1.